The monoisotopic (exact) mass is 323 g/mol. The molecule has 0 saturated carbocycles. The van der Waals surface area contributed by atoms with Crippen LogP contribution in [-0.2, 0) is 0 Å². The summed E-state index contributed by atoms with van der Waals surface area (Å²) in [5, 5.41) is 10.9. The molecule has 0 N–H and O–H groups in total. The first-order chi connectivity index (χ1) is 10.5. The number of ether oxygens (including phenoxy) is 1. The predicted octanol–water partition coefficient (Wildman–Crippen LogP) is 3.58. The van der Waals surface area contributed by atoms with Gasteiger partial charge in [0.1, 0.15) is 18.2 Å². The molecule has 2 aromatic carbocycles. The molecule has 22 heavy (non-hydrogen) atoms. The van der Waals surface area contributed by atoms with Gasteiger partial charge in [0.05, 0.1) is 21.9 Å². The van der Waals surface area contributed by atoms with Crippen molar-refractivity contribution >= 4 is 23.1 Å². The highest BCUT2D eigenvalue weighted by atomic mass is 35.5. The van der Waals surface area contributed by atoms with E-state index < -0.39 is 16.5 Å². The van der Waals surface area contributed by atoms with Crippen LogP contribution in [-0.4, -0.2) is 23.2 Å². The van der Waals surface area contributed by atoms with Crippen LogP contribution in [0, 0.1) is 15.9 Å². The average Bonchev–Trinajstić information content (AvgIpc) is 2.52. The topological polar surface area (TPSA) is 69.4 Å². The number of rotatable bonds is 6. The fourth-order valence-electron chi connectivity index (χ4n) is 1.87. The van der Waals surface area contributed by atoms with Crippen molar-refractivity contribution in [3.8, 4) is 5.75 Å². The Morgan fingerprint density at radius 3 is 2.59 bits per heavy atom. The fourth-order valence-corrected chi connectivity index (χ4v) is 1.95. The third kappa shape index (κ3) is 3.40. The first kappa shape index (κ1) is 15.9. The quantitative estimate of drug-likeness (QED) is 0.352. The molecule has 0 aliphatic heterocycles. The number of nitro groups is 1. The molecule has 0 radical (unpaired) electrons. The Labute approximate surface area is 130 Å². The Morgan fingerprint density at radius 1 is 1.23 bits per heavy atom. The van der Waals surface area contributed by atoms with Gasteiger partial charge in [-0.15, -0.1) is 11.6 Å². The molecule has 0 unspecified atom stereocenters. The molecule has 0 fully saturated rings. The van der Waals surface area contributed by atoms with Crippen molar-refractivity contribution in [3.05, 3.63) is 69.5 Å². The van der Waals surface area contributed by atoms with Crippen LogP contribution in [0.3, 0.4) is 0 Å². The maximum Gasteiger partial charge on any atom is 0.270 e. The second-order valence-electron chi connectivity index (χ2n) is 4.28. The van der Waals surface area contributed by atoms with Crippen LogP contribution in [0.2, 0.25) is 0 Å². The third-order valence-electron chi connectivity index (χ3n) is 2.87. The summed E-state index contributed by atoms with van der Waals surface area (Å²) >= 11 is 5.53. The zero-order valence-electron chi connectivity index (χ0n) is 11.3. The normalized spacial score (nSPS) is 10.3. The highest BCUT2D eigenvalue weighted by Crippen LogP contribution is 2.27. The summed E-state index contributed by atoms with van der Waals surface area (Å²) in [6, 6.07) is 8.99. The number of nitro benzene ring substituents is 1. The van der Waals surface area contributed by atoms with E-state index >= 15 is 0 Å². The minimum Gasteiger partial charge on any atom is -0.492 e. The Morgan fingerprint density at radius 2 is 1.95 bits per heavy atom. The number of hydrogen-bond donors (Lipinski definition) is 0. The standard InChI is InChI=1S/C15H11ClFNO4/c16-7-8-22-14-6-5-10(18(20)21)9-12(14)15(19)11-3-1-2-4-13(11)17/h1-6,9H,7-8H2. The summed E-state index contributed by atoms with van der Waals surface area (Å²) in [7, 11) is 0. The first-order valence-electron chi connectivity index (χ1n) is 6.31. The third-order valence-corrected chi connectivity index (χ3v) is 3.03. The Kier molecular flexibility index (Phi) is 5.06. The summed E-state index contributed by atoms with van der Waals surface area (Å²) in [4.78, 5) is 22.7. The van der Waals surface area contributed by atoms with Crippen LogP contribution in [0.25, 0.3) is 0 Å². The van der Waals surface area contributed by atoms with E-state index in [0.717, 1.165) is 12.1 Å². The number of carbonyl (C=O) groups excluding carboxylic acids is 1. The number of carbonyl (C=O) groups is 1. The van der Waals surface area contributed by atoms with E-state index in [0.29, 0.717) is 0 Å². The summed E-state index contributed by atoms with van der Waals surface area (Å²) in [5.41, 5.74) is -0.541. The van der Waals surface area contributed by atoms with Gasteiger partial charge >= 0.3 is 0 Å². The van der Waals surface area contributed by atoms with Crippen LogP contribution in [0.5, 0.6) is 5.75 Å². The van der Waals surface area contributed by atoms with E-state index in [2.05, 4.69) is 0 Å². The lowest BCUT2D eigenvalue weighted by molar-refractivity contribution is -0.384. The number of alkyl halides is 1. The number of halogens is 2. The molecule has 0 aromatic heterocycles. The van der Waals surface area contributed by atoms with Gasteiger partial charge in [0, 0.05) is 12.1 Å². The van der Waals surface area contributed by atoms with E-state index in [4.69, 9.17) is 16.3 Å². The molecule has 114 valence electrons. The maximum absolute atomic E-state index is 13.8. The number of ketones is 1. The largest absolute Gasteiger partial charge is 0.492 e. The highest BCUT2D eigenvalue weighted by molar-refractivity contribution is 6.18. The lowest BCUT2D eigenvalue weighted by atomic mass is 10.0. The molecular formula is C15H11ClFNO4. The number of nitrogens with zero attached hydrogens (tertiary/aromatic N) is 1. The van der Waals surface area contributed by atoms with Crippen molar-refractivity contribution in [2.75, 3.05) is 12.5 Å². The summed E-state index contributed by atoms with van der Waals surface area (Å²) < 4.78 is 19.1. The second-order valence-corrected chi connectivity index (χ2v) is 4.66. The molecule has 0 aliphatic rings. The van der Waals surface area contributed by atoms with Crippen molar-refractivity contribution < 1.29 is 18.8 Å². The minimum absolute atomic E-state index is 0.0792. The molecule has 0 amide bonds. The van der Waals surface area contributed by atoms with Crippen LogP contribution in [0.4, 0.5) is 10.1 Å². The van der Waals surface area contributed by atoms with E-state index in [9.17, 15) is 19.3 Å². The molecular weight excluding hydrogens is 313 g/mol. The zero-order valence-corrected chi connectivity index (χ0v) is 12.0. The lowest BCUT2D eigenvalue weighted by Crippen LogP contribution is -2.09. The molecule has 0 saturated heterocycles. The van der Waals surface area contributed by atoms with Crippen molar-refractivity contribution in [1.82, 2.24) is 0 Å². The highest BCUT2D eigenvalue weighted by Gasteiger charge is 2.21. The fraction of sp³-hybridized carbons (Fsp3) is 0.133. The van der Waals surface area contributed by atoms with E-state index in [-0.39, 0.29) is 35.1 Å². The molecule has 0 bridgehead atoms. The molecule has 7 heteroatoms. The molecule has 0 spiro atoms. The van der Waals surface area contributed by atoms with E-state index in [1.807, 2.05) is 0 Å². The number of non-ortho nitro benzene ring substituents is 1. The van der Waals surface area contributed by atoms with Crippen LogP contribution in [0.1, 0.15) is 15.9 Å². The van der Waals surface area contributed by atoms with Gasteiger partial charge in [-0.3, -0.25) is 14.9 Å². The molecule has 0 aliphatic carbocycles. The van der Waals surface area contributed by atoms with Crippen LogP contribution >= 0.6 is 11.6 Å². The molecule has 0 atom stereocenters. The van der Waals surface area contributed by atoms with Crippen molar-refractivity contribution in [2.45, 2.75) is 0 Å². The van der Waals surface area contributed by atoms with Crippen LogP contribution < -0.4 is 4.74 Å². The Bertz CT molecular complexity index is 720. The maximum atomic E-state index is 13.8. The Hall–Kier alpha value is -2.47. The van der Waals surface area contributed by atoms with Crippen molar-refractivity contribution in [1.29, 1.82) is 0 Å². The molecule has 5 nitrogen and oxygen atoms in total. The summed E-state index contributed by atoms with van der Waals surface area (Å²) in [6.45, 7) is 0.122. The van der Waals surface area contributed by atoms with Gasteiger partial charge in [0.15, 0.2) is 5.78 Å². The minimum atomic E-state index is -0.706. The summed E-state index contributed by atoms with van der Waals surface area (Å²) in [5.74, 6) is -1.09. The van der Waals surface area contributed by atoms with Crippen molar-refractivity contribution in [3.63, 3.8) is 0 Å². The van der Waals surface area contributed by atoms with E-state index in [1.165, 1.54) is 30.3 Å². The van der Waals surface area contributed by atoms with Crippen LogP contribution in [0.15, 0.2) is 42.5 Å². The molecule has 2 aromatic rings. The SMILES string of the molecule is O=C(c1ccccc1F)c1cc([N+](=O)[O-])ccc1OCCCl. The molecule has 0 heterocycles. The van der Waals surface area contributed by atoms with Gasteiger partial charge in [0.2, 0.25) is 0 Å². The molecule has 2 rings (SSSR count). The van der Waals surface area contributed by atoms with E-state index in [1.54, 1.807) is 0 Å². The van der Waals surface area contributed by atoms with Gasteiger partial charge in [0.25, 0.3) is 5.69 Å². The zero-order chi connectivity index (χ0) is 16.1. The van der Waals surface area contributed by atoms with Gasteiger partial charge < -0.3 is 4.74 Å². The summed E-state index contributed by atoms with van der Waals surface area (Å²) in [6.07, 6.45) is 0. The van der Waals surface area contributed by atoms with Gasteiger partial charge in [-0.2, -0.15) is 0 Å². The van der Waals surface area contributed by atoms with Gasteiger partial charge in [-0.25, -0.2) is 4.39 Å². The number of benzene rings is 2. The lowest BCUT2D eigenvalue weighted by Gasteiger charge is -2.10. The second kappa shape index (κ2) is 7.00. The Balaban J connectivity index is 2.50. The predicted molar refractivity (Wildman–Crippen MR) is 79.1 cm³/mol. The van der Waals surface area contributed by atoms with Gasteiger partial charge in [-0.05, 0) is 18.2 Å². The smallest absolute Gasteiger partial charge is 0.270 e. The number of hydrogen-bond acceptors (Lipinski definition) is 4. The van der Waals surface area contributed by atoms with Crippen molar-refractivity contribution in [2.24, 2.45) is 0 Å². The average molecular weight is 324 g/mol. The van der Waals surface area contributed by atoms with Gasteiger partial charge in [-0.1, -0.05) is 12.1 Å². The first-order valence-corrected chi connectivity index (χ1v) is 6.84.